The fraction of sp³-hybridized carbons (Fsp3) is 0.125. The molecule has 0 aliphatic heterocycles. The number of anilines is 1. The lowest BCUT2D eigenvalue weighted by Gasteiger charge is -2.11. The van der Waals surface area contributed by atoms with Crippen LogP contribution in [0.1, 0.15) is 36.6 Å². The number of methoxy groups -OCH3 is 2. The van der Waals surface area contributed by atoms with E-state index in [1.165, 1.54) is 32.4 Å². The smallest absolute Gasteiger partial charge is 0.338 e. The summed E-state index contributed by atoms with van der Waals surface area (Å²) in [5.41, 5.74) is 2.38. The van der Waals surface area contributed by atoms with E-state index in [0.29, 0.717) is 17.0 Å². The summed E-state index contributed by atoms with van der Waals surface area (Å²) in [6, 6.07) is 20.5. The van der Waals surface area contributed by atoms with E-state index in [9.17, 15) is 14.4 Å². The summed E-state index contributed by atoms with van der Waals surface area (Å²) >= 11 is 0. The number of rotatable bonds is 7. The zero-order valence-corrected chi connectivity index (χ0v) is 17.1. The molecule has 7 heteroatoms. The van der Waals surface area contributed by atoms with Crippen molar-refractivity contribution in [2.75, 3.05) is 19.5 Å². The molecule has 0 aromatic heterocycles. The van der Waals surface area contributed by atoms with Crippen LogP contribution >= 0.6 is 0 Å². The highest BCUT2D eigenvalue weighted by Crippen LogP contribution is 2.20. The fourth-order valence-electron chi connectivity index (χ4n) is 2.80. The Morgan fingerprint density at radius 2 is 1.32 bits per heavy atom. The van der Waals surface area contributed by atoms with E-state index in [0.717, 1.165) is 5.56 Å². The third-order valence-corrected chi connectivity index (χ3v) is 4.40. The summed E-state index contributed by atoms with van der Waals surface area (Å²) in [5.74, 6) is -1.09. The molecule has 0 fully saturated rings. The van der Waals surface area contributed by atoms with Gasteiger partial charge in [0.15, 0.2) is 0 Å². The van der Waals surface area contributed by atoms with Gasteiger partial charge in [0.05, 0.1) is 25.3 Å². The van der Waals surface area contributed by atoms with Gasteiger partial charge in [0.25, 0.3) is 5.91 Å². The summed E-state index contributed by atoms with van der Waals surface area (Å²) in [6.07, 6.45) is 0. The first-order valence-corrected chi connectivity index (χ1v) is 9.40. The van der Waals surface area contributed by atoms with Gasteiger partial charge in [0.1, 0.15) is 12.4 Å². The van der Waals surface area contributed by atoms with Gasteiger partial charge >= 0.3 is 11.9 Å². The van der Waals surface area contributed by atoms with E-state index in [-0.39, 0.29) is 23.6 Å². The Morgan fingerprint density at radius 3 is 1.87 bits per heavy atom. The lowest BCUT2D eigenvalue weighted by Crippen LogP contribution is -2.11. The highest BCUT2D eigenvalue weighted by Gasteiger charge is 2.14. The maximum absolute atomic E-state index is 12.3. The molecule has 3 rings (SSSR count). The molecule has 0 aliphatic rings. The molecular weight excluding hydrogens is 398 g/mol. The number of hydrogen-bond acceptors (Lipinski definition) is 6. The monoisotopic (exact) mass is 419 g/mol. The van der Waals surface area contributed by atoms with Crippen molar-refractivity contribution in [2.45, 2.75) is 6.61 Å². The molecule has 1 N–H and O–H groups in total. The van der Waals surface area contributed by atoms with Crippen LogP contribution in [-0.2, 0) is 16.1 Å². The van der Waals surface area contributed by atoms with Crippen molar-refractivity contribution in [2.24, 2.45) is 0 Å². The number of para-hydroxylation sites is 1. The molecule has 3 aromatic carbocycles. The molecule has 3 aromatic rings. The molecule has 7 nitrogen and oxygen atoms in total. The summed E-state index contributed by atoms with van der Waals surface area (Å²) in [6.45, 7) is 0.172. The van der Waals surface area contributed by atoms with Crippen LogP contribution in [-0.4, -0.2) is 32.1 Å². The minimum Gasteiger partial charge on any atom is -0.489 e. The Kier molecular flexibility index (Phi) is 7.01. The maximum Gasteiger partial charge on any atom is 0.338 e. The van der Waals surface area contributed by atoms with E-state index < -0.39 is 11.9 Å². The molecule has 0 aliphatic carbocycles. The van der Waals surface area contributed by atoms with Gasteiger partial charge in [-0.15, -0.1) is 0 Å². The lowest BCUT2D eigenvalue weighted by molar-refractivity contribution is 0.0598. The van der Waals surface area contributed by atoms with Crippen molar-refractivity contribution in [1.82, 2.24) is 0 Å². The second-order valence-electron chi connectivity index (χ2n) is 6.53. The Hall–Kier alpha value is -4.13. The summed E-state index contributed by atoms with van der Waals surface area (Å²) in [5, 5.41) is 2.82. The fourth-order valence-corrected chi connectivity index (χ4v) is 2.80. The van der Waals surface area contributed by atoms with E-state index in [1.807, 2.05) is 30.3 Å². The first-order chi connectivity index (χ1) is 15.0. The van der Waals surface area contributed by atoms with Crippen molar-refractivity contribution in [3.8, 4) is 5.75 Å². The van der Waals surface area contributed by atoms with Gasteiger partial charge in [0.2, 0.25) is 0 Å². The first kappa shape index (κ1) is 21.6. The molecule has 158 valence electrons. The number of ether oxygens (including phenoxy) is 3. The molecule has 0 bridgehead atoms. The van der Waals surface area contributed by atoms with Crippen LogP contribution in [0.15, 0.2) is 72.8 Å². The number of amides is 1. The van der Waals surface area contributed by atoms with Crippen LogP contribution in [0.5, 0.6) is 5.75 Å². The molecule has 1 amide bonds. The van der Waals surface area contributed by atoms with Crippen LogP contribution in [0.2, 0.25) is 0 Å². The zero-order chi connectivity index (χ0) is 22.2. The van der Waals surface area contributed by atoms with Crippen LogP contribution in [0.25, 0.3) is 0 Å². The number of carbonyl (C=O) groups is 3. The Labute approximate surface area is 179 Å². The van der Waals surface area contributed by atoms with Gasteiger partial charge in [-0.2, -0.15) is 0 Å². The SMILES string of the molecule is COC(=O)c1cc(OCc2ccc(C(=O)Nc3ccccc3)cc2)cc(C(=O)OC)c1. The number of nitrogens with one attached hydrogen (secondary N) is 1. The zero-order valence-electron chi connectivity index (χ0n) is 17.1. The second kappa shape index (κ2) is 10.1. The number of carbonyl (C=O) groups excluding carboxylic acids is 3. The largest absolute Gasteiger partial charge is 0.489 e. The maximum atomic E-state index is 12.3. The number of esters is 2. The predicted molar refractivity (Wildman–Crippen MR) is 114 cm³/mol. The second-order valence-corrected chi connectivity index (χ2v) is 6.53. The van der Waals surface area contributed by atoms with Crippen molar-refractivity contribution < 1.29 is 28.6 Å². The van der Waals surface area contributed by atoms with Gasteiger partial charge in [-0.3, -0.25) is 4.79 Å². The van der Waals surface area contributed by atoms with Gasteiger partial charge in [-0.05, 0) is 48.0 Å². The number of benzene rings is 3. The van der Waals surface area contributed by atoms with Crippen molar-refractivity contribution in [3.63, 3.8) is 0 Å². The van der Waals surface area contributed by atoms with Crippen molar-refractivity contribution in [3.05, 3.63) is 95.1 Å². The van der Waals surface area contributed by atoms with Crippen molar-refractivity contribution in [1.29, 1.82) is 0 Å². The Balaban J connectivity index is 1.69. The van der Waals surface area contributed by atoms with Crippen LogP contribution in [0.4, 0.5) is 5.69 Å². The quantitative estimate of drug-likeness (QED) is 0.580. The third kappa shape index (κ3) is 5.70. The van der Waals surface area contributed by atoms with Gasteiger partial charge in [0, 0.05) is 11.3 Å². The highest BCUT2D eigenvalue weighted by atomic mass is 16.5. The number of hydrogen-bond donors (Lipinski definition) is 1. The lowest BCUT2D eigenvalue weighted by atomic mass is 10.1. The van der Waals surface area contributed by atoms with Gasteiger partial charge < -0.3 is 19.5 Å². The van der Waals surface area contributed by atoms with E-state index in [1.54, 1.807) is 24.3 Å². The van der Waals surface area contributed by atoms with Crippen LogP contribution in [0.3, 0.4) is 0 Å². The molecule has 0 heterocycles. The molecule has 0 unspecified atom stereocenters. The molecule has 0 spiro atoms. The summed E-state index contributed by atoms with van der Waals surface area (Å²) < 4.78 is 15.2. The van der Waals surface area contributed by atoms with Crippen LogP contribution < -0.4 is 10.1 Å². The van der Waals surface area contributed by atoms with E-state index in [2.05, 4.69) is 5.32 Å². The van der Waals surface area contributed by atoms with Gasteiger partial charge in [-0.1, -0.05) is 30.3 Å². The summed E-state index contributed by atoms with van der Waals surface area (Å²) in [4.78, 5) is 36.1. The third-order valence-electron chi connectivity index (χ3n) is 4.40. The van der Waals surface area contributed by atoms with E-state index in [4.69, 9.17) is 14.2 Å². The average molecular weight is 419 g/mol. The minimum absolute atomic E-state index is 0.172. The molecule has 31 heavy (non-hydrogen) atoms. The van der Waals surface area contributed by atoms with Gasteiger partial charge in [-0.25, -0.2) is 9.59 Å². The summed E-state index contributed by atoms with van der Waals surface area (Å²) in [7, 11) is 2.51. The normalized spacial score (nSPS) is 10.1. The Bertz CT molecular complexity index is 1040. The molecule has 0 atom stereocenters. The molecule has 0 saturated carbocycles. The predicted octanol–water partition coefficient (Wildman–Crippen LogP) is 4.09. The molecular formula is C24H21NO6. The highest BCUT2D eigenvalue weighted by molar-refractivity contribution is 6.04. The first-order valence-electron chi connectivity index (χ1n) is 9.40. The van der Waals surface area contributed by atoms with Crippen LogP contribution in [0, 0.1) is 0 Å². The molecule has 0 radical (unpaired) electrons. The minimum atomic E-state index is -0.593. The van der Waals surface area contributed by atoms with E-state index >= 15 is 0 Å². The molecule has 0 saturated heterocycles. The van der Waals surface area contributed by atoms with Crippen molar-refractivity contribution >= 4 is 23.5 Å². The topological polar surface area (TPSA) is 90.9 Å². The average Bonchev–Trinajstić information content (AvgIpc) is 2.82. The Morgan fingerprint density at radius 1 is 0.742 bits per heavy atom. The standard InChI is InChI=1S/C24H21NO6/c1-29-23(27)18-12-19(24(28)30-2)14-21(13-18)31-15-16-8-10-17(11-9-16)22(26)25-20-6-4-3-5-7-20/h3-14H,15H2,1-2H3,(H,25,26).